The second-order valence-electron chi connectivity index (χ2n) is 7.15. The van der Waals surface area contributed by atoms with Crippen LogP contribution in [-0.4, -0.2) is 21.6 Å². The van der Waals surface area contributed by atoms with E-state index in [0.717, 1.165) is 41.7 Å². The maximum Gasteiger partial charge on any atom is 0.737 e. The summed E-state index contributed by atoms with van der Waals surface area (Å²) in [5, 5.41) is 0. The summed E-state index contributed by atoms with van der Waals surface area (Å²) in [4.78, 5) is 0. The van der Waals surface area contributed by atoms with Gasteiger partial charge in [-0.3, -0.25) is 0 Å². The van der Waals surface area contributed by atoms with Crippen molar-refractivity contribution in [3.63, 3.8) is 0 Å². The molecule has 7 heteroatoms. The molecule has 0 saturated carbocycles. The predicted octanol–water partition coefficient (Wildman–Crippen LogP) is 5.90. The van der Waals surface area contributed by atoms with Crippen LogP contribution in [-0.2, 0) is 0 Å². The van der Waals surface area contributed by atoms with Crippen molar-refractivity contribution in [2.75, 3.05) is 0 Å². The minimum Gasteiger partial charge on any atom is -0.393 e. The van der Waals surface area contributed by atoms with Gasteiger partial charge in [0, 0.05) is 27.3 Å². The van der Waals surface area contributed by atoms with E-state index in [4.69, 9.17) is 0 Å². The number of aromatic nitrogens is 1. The number of nitrogens with zero attached hydrogens (tertiary/aromatic N) is 2. The van der Waals surface area contributed by atoms with Gasteiger partial charge in [-0.1, -0.05) is 13.8 Å². The summed E-state index contributed by atoms with van der Waals surface area (Å²) < 4.78 is 35.7. The van der Waals surface area contributed by atoms with E-state index in [1.54, 1.807) is 0 Å². The molecule has 0 N–H and O–H groups in total. The van der Waals surface area contributed by atoms with Crippen LogP contribution < -0.4 is 0 Å². The molecule has 3 rings (SSSR count). The van der Waals surface area contributed by atoms with E-state index >= 15 is 8.63 Å². The Balaban J connectivity index is 2.50. The third-order valence-corrected chi connectivity index (χ3v) is 8.19. The Morgan fingerprint density at radius 1 is 1.12 bits per heavy atom. The first-order valence-corrected chi connectivity index (χ1v) is 10.3. The topological polar surface area (TPSA) is 7.94 Å². The third-order valence-electron chi connectivity index (χ3n) is 5.01. The van der Waals surface area contributed by atoms with Crippen molar-refractivity contribution in [2.24, 2.45) is 5.92 Å². The molecule has 0 aromatic carbocycles. The highest BCUT2D eigenvalue weighted by Gasteiger charge is 2.56. The molecule has 2 aliphatic heterocycles. The molecule has 1 aromatic heterocycles. The monoisotopic (exact) mass is 556 g/mol. The minimum atomic E-state index is -3.87. The molecule has 130 valence electrons. The van der Waals surface area contributed by atoms with Crippen LogP contribution in [0.1, 0.15) is 51.1 Å². The summed E-state index contributed by atoms with van der Waals surface area (Å²) in [7, 11) is 0. The van der Waals surface area contributed by atoms with Crippen LogP contribution >= 0.6 is 45.2 Å². The lowest BCUT2D eigenvalue weighted by Crippen LogP contribution is -2.51. The molecular weight excluding hydrogens is 535 g/mol. The molecule has 0 saturated heterocycles. The first-order chi connectivity index (χ1) is 11.0. The number of hydrogen-bond donors (Lipinski definition) is 0. The molecule has 0 bridgehead atoms. The zero-order valence-electron chi connectivity index (χ0n) is 14.8. The van der Waals surface area contributed by atoms with Gasteiger partial charge in [0.25, 0.3) is 0 Å². The summed E-state index contributed by atoms with van der Waals surface area (Å²) in [6.07, 6.45) is 0.799. The standard InChI is InChI=1S/C17H21BF2I2N2/c1-8(2)7-13-16-9(3)14(21)11(5)23(16)18(19,20)24-12(6)15(22)10(4)17(13)24/h8H,7H2,1-6H3. The van der Waals surface area contributed by atoms with E-state index in [1.807, 2.05) is 27.7 Å². The van der Waals surface area contributed by atoms with E-state index < -0.39 is 6.97 Å². The van der Waals surface area contributed by atoms with Crippen molar-refractivity contribution in [1.29, 1.82) is 0 Å². The number of hydrogen-bond acceptors (Lipinski definition) is 0. The molecule has 1 aromatic rings. The van der Waals surface area contributed by atoms with Crippen molar-refractivity contribution in [3.8, 4) is 0 Å². The zero-order chi connectivity index (χ0) is 18.1. The molecule has 0 radical (unpaired) electrons. The van der Waals surface area contributed by atoms with E-state index in [-0.39, 0.29) is 0 Å². The number of rotatable bonds is 2. The number of halogens is 4. The molecule has 0 atom stereocenters. The van der Waals surface area contributed by atoms with Gasteiger partial charge in [0.1, 0.15) is 5.71 Å². The zero-order valence-corrected chi connectivity index (χ0v) is 19.1. The highest BCUT2D eigenvalue weighted by molar-refractivity contribution is 14.1. The summed E-state index contributed by atoms with van der Waals surface area (Å²) in [6, 6.07) is 0. The summed E-state index contributed by atoms with van der Waals surface area (Å²) in [6.45, 7) is 7.98. The van der Waals surface area contributed by atoms with Crippen LogP contribution in [0.5, 0.6) is 0 Å². The van der Waals surface area contributed by atoms with Gasteiger partial charge in [-0.15, -0.1) is 0 Å². The first kappa shape index (κ1) is 18.6. The van der Waals surface area contributed by atoms with Crippen molar-refractivity contribution in [3.05, 3.63) is 35.4 Å². The quantitative estimate of drug-likeness (QED) is 0.317. The van der Waals surface area contributed by atoms with Crippen LogP contribution in [0.25, 0.3) is 5.57 Å². The molecule has 0 fully saturated rings. The fourth-order valence-corrected chi connectivity index (χ4v) is 5.04. The Kier molecular flexibility index (Phi) is 4.59. The third kappa shape index (κ3) is 2.32. The SMILES string of the molecule is CC1=C(I)C(C)=[N+]2C1=C(CC(C)C)c1c(C)c(I)c(C)n1[B-]2(F)F. The van der Waals surface area contributed by atoms with Crippen molar-refractivity contribution < 1.29 is 13.1 Å². The normalized spacial score (nSPS) is 19.6. The summed E-state index contributed by atoms with van der Waals surface area (Å²) in [5.74, 6) is 0.403. The van der Waals surface area contributed by atoms with Crippen LogP contribution in [0.4, 0.5) is 8.63 Å². The lowest BCUT2D eigenvalue weighted by atomic mass is 9.83. The molecule has 2 aliphatic rings. The Morgan fingerprint density at radius 2 is 1.71 bits per heavy atom. The van der Waals surface area contributed by atoms with Crippen LogP contribution in [0.3, 0.4) is 0 Å². The summed E-state index contributed by atoms with van der Waals surface area (Å²) in [5.41, 5.74) is 5.82. The van der Waals surface area contributed by atoms with Gasteiger partial charge >= 0.3 is 6.97 Å². The molecule has 2 nitrogen and oxygen atoms in total. The van der Waals surface area contributed by atoms with Crippen LogP contribution in [0.2, 0.25) is 0 Å². The van der Waals surface area contributed by atoms with Gasteiger partial charge in [-0.05, 0) is 89.5 Å². The van der Waals surface area contributed by atoms with E-state index in [1.165, 1.54) is 8.96 Å². The van der Waals surface area contributed by atoms with Gasteiger partial charge in [0.15, 0.2) is 5.70 Å². The smallest absolute Gasteiger partial charge is 0.393 e. The fraction of sp³-hybridized carbons (Fsp3) is 0.471. The second-order valence-corrected chi connectivity index (χ2v) is 9.31. The maximum atomic E-state index is 15.6. The van der Waals surface area contributed by atoms with Crippen LogP contribution in [0.15, 0.2) is 14.8 Å². The van der Waals surface area contributed by atoms with Crippen molar-refractivity contribution >= 4 is 63.4 Å². The van der Waals surface area contributed by atoms with Gasteiger partial charge in [-0.2, -0.15) is 0 Å². The van der Waals surface area contributed by atoms with E-state index in [2.05, 4.69) is 59.0 Å². The molecule has 0 amide bonds. The Labute approximate surface area is 169 Å². The van der Waals surface area contributed by atoms with E-state index in [9.17, 15) is 0 Å². The summed E-state index contributed by atoms with van der Waals surface area (Å²) >= 11 is 4.41. The van der Waals surface area contributed by atoms with Crippen molar-refractivity contribution in [2.45, 2.75) is 48.0 Å². The number of allylic oxidation sites excluding steroid dienone is 3. The molecule has 0 aliphatic carbocycles. The predicted molar refractivity (Wildman–Crippen MR) is 114 cm³/mol. The number of fused-ring (bicyclic) bond motifs is 2. The Hall–Kier alpha value is -0.185. The molecule has 24 heavy (non-hydrogen) atoms. The Morgan fingerprint density at radius 3 is 2.25 bits per heavy atom. The second kappa shape index (κ2) is 5.92. The lowest BCUT2D eigenvalue weighted by molar-refractivity contribution is -0.363. The average Bonchev–Trinajstić information content (AvgIpc) is 2.85. The molecule has 3 heterocycles. The average molecular weight is 556 g/mol. The van der Waals surface area contributed by atoms with Crippen molar-refractivity contribution in [1.82, 2.24) is 4.48 Å². The fourth-order valence-electron chi connectivity index (χ4n) is 4.01. The highest BCUT2D eigenvalue weighted by atomic mass is 127. The molecule has 0 unspecified atom stereocenters. The highest BCUT2D eigenvalue weighted by Crippen LogP contribution is 2.47. The van der Waals surface area contributed by atoms with Gasteiger partial charge < -0.3 is 17.6 Å². The molecule has 0 spiro atoms. The van der Waals surface area contributed by atoms with Gasteiger partial charge in [0.2, 0.25) is 0 Å². The van der Waals surface area contributed by atoms with Gasteiger partial charge in [-0.25, -0.2) is 0 Å². The Bertz CT molecular complexity index is 860. The van der Waals surface area contributed by atoms with Gasteiger partial charge in [0.05, 0.1) is 3.58 Å². The van der Waals surface area contributed by atoms with Crippen LogP contribution in [0, 0.1) is 23.3 Å². The first-order valence-electron chi connectivity index (χ1n) is 8.14. The maximum absolute atomic E-state index is 15.6. The largest absolute Gasteiger partial charge is 0.737 e. The van der Waals surface area contributed by atoms with E-state index in [0.29, 0.717) is 17.3 Å². The lowest BCUT2D eigenvalue weighted by Gasteiger charge is -2.34. The minimum absolute atomic E-state index is 0.403. The molecular formula is C17H21BF2I2N2.